The van der Waals surface area contributed by atoms with Gasteiger partial charge in [0.15, 0.2) is 5.78 Å². The first kappa shape index (κ1) is 14.6. The molecule has 0 aromatic heterocycles. The first-order chi connectivity index (χ1) is 8.41. The van der Waals surface area contributed by atoms with Gasteiger partial charge in [-0.05, 0) is 38.7 Å². The maximum Gasteiger partial charge on any atom is 0.162 e. The fourth-order valence-electron chi connectivity index (χ4n) is 1.92. The van der Waals surface area contributed by atoms with Crippen LogP contribution >= 0.6 is 0 Å². The summed E-state index contributed by atoms with van der Waals surface area (Å²) in [5.74, 6) is -0.320. The van der Waals surface area contributed by atoms with Crippen molar-refractivity contribution in [3.8, 4) is 0 Å². The van der Waals surface area contributed by atoms with E-state index in [1.165, 1.54) is 6.07 Å². The first-order valence-corrected chi connectivity index (χ1v) is 6.03. The second-order valence-electron chi connectivity index (χ2n) is 4.88. The van der Waals surface area contributed by atoms with Crippen LogP contribution in [0.5, 0.6) is 0 Å². The molecule has 0 heterocycles. The number of carbonyl (C=O) groups excluding carboxylic acids is 1. The number of Topliss-reactive ketones (excluding diaryl/α,β-unsaturated/α-hetero) is 1. The Balaban J connectivity index is 2.84. The quantitative estimate of drug-likeness (QED) is 0.748. The van der Waals surface area contributed by atoms with Crippen molar-refractivity contribution >= 4 is 11.9 Å². The van der Waals surface area contributed by atoms with E-state index in [1.54, 1.807) is 31.2 Å². The van der Waals surface area contributed by atoms with Gasteiger partial charge in [0.2, 0.25) is 0 Å². The van der Waals surface area contributed by atoms with Gasteiger partial charge < -0.3 is 4.90 Å². The van der Waals surface area contributed by atoms with Crippen LogP contribution in [0.2, 0.25) is 0 Å². The average molecular weight is 249 g/mol. The largest absolute Gasteiger partial charge is 0.309 e. The van der Waals surface area contributed by atoms with E-state index in [-0.39, 0.29) is 17.5 Å². The average Bonchev–Trinajstić information content (AvgIpc) is 2.30. The van der Waals surface area contributed by atoms with E-state index in [4.69, 9.17) is 0 Å². The molecule has 0 amide bonds. The molecule has 98 valence electrons. The summed E-state index contributed by atoms with van der Waals surface area (Å²) in [5, 5.41) is 0. The monoisotopic (exact) mass is 249 g/mol. The van der Waals surface area contributed by atoms with Crippen molar-refractivity contribution in [2.45, 2.75) is 13.8 Å². The molecule has 0 radical (unpaired) electrons. The summed E-state index contributed by atoms with van der Waals surface area (Å²) in [6, 6.07) is 6.46. The number of ketones is 1. The molecule has 0 saturated carbocycles. The van der Waals surface area contributed by atoms with Gasteiger partial charge >= 0.3 is 0 Å². The van der Waals surface area contributed by atoms with Gasteiger partial charge in [-0.15, -0.1) is 0 Å². The maximum absolute atomic E-state index is 13.5. The zero-order valence-electron chi connectivity index (χ0n) is 11.4. The molecule has 1 atom stereocenters. The normalized spacial score (nSPS) is 13.8. The van der Waals surface area contributed by atoms with Crippen LogP contribution in [0.15, 0.2) is 29.8 Å². The fourth-order valence-corrected chi connectivity index (χ4v) is 1.92. The van der Waals surface area contributed by atoms with Crippen LogP contribution in [0.3, 0.4) is 0 Å². The Morgan fingerprint density at radius 2 is 2.00 bits per heavy atom. The molecule has 0 fully saturated rings. The highest BCUT2D eigenvalue weighted by atomic mass is 19.1. The number of rotatable bonds is 5. The molecule has 1 unspecified atom stereocenters. The lowest BCUT2D eigenvalue weighted by molar-refractivity contribution is -0.119. The third-order valence-electron chi connectivity index (χ3n) is 2.75. The van der Waals surface area contributed by atoms with Crippen molar-refractivity contribution in [2.75, 3.05) is 20.6 Å². The van der Waals surface area contributed by atoms with Crippen molar-refractivity contribution in [3.05, 3.63) is 41.2 Å². The van der Waals surface area contributed by atoms with Gasteiger partial charge in [-0.1, -0.05) is 25.1 Å². The maximum atomic E-state index is 13.5. The number of allylic oxidation sites excluding steroid dienone is 1. The Labute approximate surface area is 108 Å². The lowest BCUT2D eigenvalue weighted by atomic mass is 9.98. The van der Waals surface area contributed by atoms with E-state index in [0.29, 0.717) is 17.7 Å². The third kappa shape index (κ3) is 4.08. The number of hydrogen-bond donors (Lipinski definition) is 0. The molecule has 1 aromatic carbocycles. The highest BCUT2D eigenvalue weighted by Gasteiger charge is 2.15. The number of hydrogen-bond acceptors (Lipinski definition) is 2. The van der Waals surface area contributed by atoms with E-state index < -0.39 is 0 Å². The SMILES string of the molecule is CC(=Cc1ccccc1F)C(=O)C(C)CN(C)C. The number of halogens is 1. The Kier molecular flexibility index (Phi) is 5.23. The molecular formula is C15H20FNO. The lowest BCUT2D eigenvalue weighted by Crippen LogP contribution is -2.26. The van der Waals surface area contributed by atoms with Crippen molar-refractivity contribution in [1.82, 2.24) is 4.90 Å². The van der Waals surface area contributed by atoms with Crippen molar-refractivity contribution < 1.29 is 9.18 Å². The van der Waals surface area contributed by atoms with Crippen LogP contribution in [0.1, 0.15) is 19.4 Å². The molecule has 2 nitrogen and oxygen atoms in total. The van der Waals surface area contributed by atoms with E-state index in [1.807, 2.05) is 25.9 Å². The summed E-state index contributed by atoms with van der Waals surface area (Å²) >= 11 is 0. The highest BCUT2D eigenvalue weighted by molar-refractivity contribution is 6.00. The topological polar surface area (TPSA) is 20.3 Å². The predicted molar refractivity (Wildman–Crippen MR) is 72.8 cm³/mol. The van der Waals surface area contributed by atoms with E-state index >= 15 is 0 Å². The molecule has 18 heavy (non-hydrogen) atoms. The first-order valence-electron chi connectivity index (χ1n) is 6.03. The minimum Gasteiger partial charge on any atom is -0.309 e. The van der Waals surface area contributed by atoms with Gasteiger partial charge in [0, 0.05) is 18.0 Å². The molecule has 0 bridgehead atoms. The van der Waals surface area contributed by atoms with Crippen LogP contribution in [0.4, 0.5) is 4.39 Å². The minimum absolute atomic E-state index is 0.0620. The van der Waals surface area contributed by atoms with Crippen LogP contribution in [0.25, 0.3) is 6.08 Å². The minimum atomic E-state index is -0.301. The van der Waals surface area contributed by atoms with Crippen LogP contribution in [0, 0.1) is 11.7 Å². The lowest BCUT2D eigenvalue weighted by Gasteiger charge is -2.16. The summed E-state index contributed by atoms with van der Waals surface area (Å²) in [5.41, 5.74) is 1.05. The van der Waals surface area contributed by atoms with Gasteiger partial charge in [-0.2, -0.15) is 0 Å². The van der Waals surface area contributed by atoms with Crippen molar-refractivity contribution in [1.29, 1.82) is 0 Å². The molecule has 0 aliphatic carbocycles. The zero-order valence-corrected chi connectivity index (χ0v) is 11.4. The molecule has 0 aliphatic heterocycles. The predicted octanol–water partition coefficient (Wildman–Crippen LogP) is 3.00. The van der Waals surface area contributed by atoms with Gasteiger partial charge in [-0.25, -0.2) is 4.39 Å². The second-order valence-corrected chi connectivity index (χ2v) is 4.88. The fraction of sp³-hybridized carbons (Fsp3) is 0.400. The van der Waals surface area contributed by atoms with Gasteiger partial charge in [0.05, 0.1) is 0 Å². The molecule has 3 heteroatoms. The number of carbonyl (C=O) groups is 1. The number of nitrogens with zero attached hydrogens (tertiary/aromatic N) is 1. The van der Waals surface area contributed by atoms with E-state index in [2.05, 4.69) is 0 Å². The van der Waals surface area contributed by atoms with Gasteiger partial charge in [-0.3, -0.25) is 4.79 Å². The molecule has 1 aromatic rings. The van der Waals surface area contributed by atoms with E-state index in [0.717, 1.165) is 0 Å². The van der Waals surface area contributed by atoms with Crippen LogP contribution < -0.4 is 0 Å². The summed E-state index contributed by atoms with van der Waals surface area (Å²) in [6.45, 7) is 4.32. The molecule has 0 saturated heterocycles. The molecule has 0 N–H and O–H groups in total. The molecule has 0 spiro atoms. The van der Waals surface area contributed by atoms with Crippen LogP contribution in [-0.4, -0.2) is 31.3 Å². The van der Waals surface area contributed by atoms with Gasteiger partial charge in [0.25, 0.3) is 0 Å². The summed E-state index contributed by atoms with van der Waals surface area (Å²) in [6.07, 6.45) is 1.61. The summed E-state index contributed by atoms with van der Waals surface area (Å²) in [7, 11) is 3.86. The molecule has 0 aliphatic rings. The third-order valence-corrected chi connectivity index (χ3v) is 2.75. The highest BCUT2D eigenvalue weighted by Crippen LogP contribution is 2.14. The van der Waals surface area contributed by atoms with Crippen molar-refractivity contribution in [2.24, 2.45) is 5.92 Å². The van der Waals surface area contributed by atoms with Crippen LogP contribution in [-0.2, 0) is 4.79 Å². The Bertz CT molecular complexity index is 452. The Hall–Kier alpha value is -1.48. The zero-order chi connectivity index (χ0) is 13.7. The second kappa shape index (κ2) is 6.45. The smallest absolute Gasteiger partial charge is 0.162 e. The Morgan fingerprint density at radius 1 is 1.39 bits per heavy atom. The van der Waals surface area contributed by atoms with E-state index in [9.17, 15) is 9.18 Å². The molecular weight excluding hydrogens is 229 g/mol. The number of benzene rings is 1. The summed E-state index contributed by atoms with van der Waals surface area (Å²) < 4.78 is 13.5. The molecule has 1 rings (SSSR count). The van der Waals surface area contributed by atoms with Crippen molar-refractivity contribution in [3.63, 3.8) is 0 Å². The summed E-state index contributed by atoms with van der Waals surface area (Å²) in [4.78, 5) is 14.0. The van der Waals surface area contributed by atoms with Gasteiger partial charge in [0.1, 0.15) is 5.82 Å². The standard InChI is InChI=1S/C15H20FNO/c1-11(15(18)12(2)10-17(3)4)9-13-7-5-6-8-14(13)16/h5-9,12H,10H2,1-4H3. The Morgan fingerprint density at radius 3 is 2.56 bits per heavy atom.